The number of piperazine rings is 1. The molecule has 1 aliphatic heterocycles. The Morgan fingerprint density at radius 1 is 0.964 bits per heavy atom. The molecule has 6 nitrogen and oxygen atoms in total. The van der Waals surface area contributed by atoms with Gasteiger partial charge in [0.2, 0.25) is 0 Å². The average molecular weight is 379 g/mol. The summed E-state index contributed by atoms with van der Waals surface area (Å²) in [5, 5.41) is 0. The minimum absolute atomic E-state index is 0.134. The minimum atomic E-state index is -0.349. The third-order valence-electron chi connectivity index (χ3n) is 4.99. The van der Waals surface area contributed by atoms with Gasteiger partial charge in [0.05, 0.1) is 0 Å². The Hall–Kier alpha value is -3.22. The van der Waals surface area contributed by atoms with Crippen LogP contribution in [0.5, 0.6) is 0 Å². The monoisotopic (exact) mass is 379 g/mol. The number of carbonyl (C=O) groups excluding carboxylic acids is 1. The molecule has 0 unspecified atom stereocenters. The minimum Gasteiger partial charge on any atom is -0.353 e. The Morgan fingerprint density at radius 2 is 1.64 bits per heavy atom. The summed E-state index contributed by atoms with van der Waals surface area (Å²) in [5.41, 5.74) is 0.934. The summed E-state index contributed by atoms with van der Waals surface area (Å²) in [7, 11) is 0. The van der Waals surface area contributed by atoms with Gasteiger partial charge < -0.3 is 14.4 Å². The van der Waals surface area contributed by atoms with Gasteiger partial charge in [-0.2, -0.15) is 0 Å². The summed E-state index contributed by atoms with van der Waals surface area (Å²) in [6, 6.07) is 10.5. The summed E-state index contributed by atoms with van der Waals surface area (Å²) >= 11 is 0. The second-order valence-electron chi connectivity index (χ2n) is 6.97. The Labute approximate surface area is 163 Å². The predicted octanol–water partition coefficient (Wildman–Crippen LogP) is 2.99. The number of anilines is 1. The zero-order valence-corrected chi connectivity index (χ0v) is 16.0. The van der Waals surface area contributed by atoms with Gasteiger partial charge in [0.25, 0.3) is 5.91 Å². The van der Waals surface area contributed by atoms with Crippen molar-refractivity contribution in [3.05, 3.63) is 71.6 Å². The molecule has 0 atom stereocenters. The van der Waals surface area contributed by atoms with E-state index in [-0.39, 0.29) is 11.7 Å². The van der Waals surface area contributed by atoms with E-state index in [1.54, 1.807) is 24.0 Å². The number of hydrogen-bond acceptors (Lipinski definition) is 4. The number of halogens is 1. The van der Waals surface area contributed by atoms with E-state index in [0.29, 0.717) is 43.1 Å². The van der Waals surface area contributed by atoms with Crippen LogP contribution in [0.25, 0.3) is 5.82 Å². The second kappa shape index (κ2) is 7.42. The van der Waals surface area contributed by atoms with E-state index in [1.807, 2.05) is 42.1 Å². The van der Waals surface area contributed by atoms with E-state index in [0.717, 1.165) is 11.6 Å². The first kappa shape index (κ1) is 18.2. The molecule has 1 amide bonds. The third kappa shape index (κ3) is 3.60. The van der Waals surface area contributed by atoms with Crippen molar-refractivity contribution in [2.24, 2.45) is 0 Å². The number of amides is 1. The molecule has 1 fully saturated rings. The Balaban J connectivity index is 1.47. The van der Waals surface area contributed by atoms with E-state index >= 15 is 0 Å². The van der Waals surface area contributed by atoms with E-state index in [2.05, 4.69) is 14.9 Å². The summed E-state index contributed by atoms with van der Waals surface area (Å²) in [6.45, 7) is 6.03. The van der Waals surface area contributed by atoms with Crippen LogP contribution < -0.4 is 4.90 Å². The molecule has 0 bridgehead atoms. The first-order valence-electron chi connectivity index (χ1n) is 9.31. The van der Waals surface area contributed by atoms with Gasteiger partial charge in [-0.15, -0.1) is 0 Å². The summed E-state index contributed by atoms with van der Waals surface area (Å²) in [5.74, 6) is 1.89. The van der Waals surface area contributed by atoms with E-state index in [1.165, 1.54) is 6.07 Å². The van der Waals surface area contributed by atoms with E-state index in [4.69, 9.17) is 0 Å². The second-order valence-corrected chi connectivity index (χ2v) is 6.97. The molecule has 3 heterocycles. The zero-order chi connectivity index (χ0) is 19.7. The molecule has 0 aliphatic carbocycles. The molecule has 3 aromatic rings. The van der Waals surface area contributed by atoms with Crippen LogP contribution in [0, 0.1) is 19.7 Å². The SMILES string of the molecule is Cc1nc(N2CCN(C(=O)c3ccc(C)c(F)c3)CC2)cc(-n2cccc2)n1. The van der Waals surface area contributed by atoms with E-state index in [9.17, 15) is 9.18 Å². The molecule has 28 heavy (non-hydrogen) atoms. The van der Waals surface area contributed by atoms with Crippen molar-refractivity contribution in [3.8, 4) is 5.82 Å². The molecule has 0 saturated carbocycles. The van der Waals surface area contributed by atoms with Crippen molar-refractivity contribution in [1.29, 1.82) is 0 Å². The van der Waals surface area contributed by atoms with Crippen molar-refractivity contribution in [1.82, 2.24) is 19.4 Å². The number of aryl methyl sites for hydroxylation is 2. The standard InChI is InChI=1S/C21H22FN5O/c1-15-5-6-17(13-18(15)22)21(28)27-11-9-26(10-12-27)20-14-19(23-16(2)24-20)25-7-3-4-8-25/h3-8,13-14H,9-12H2,1-2H3. The highest BCUT2D eigenvalue weighted by Crippen LogP contribution is 2.19. The normalized spacial score (nSPS) is 14.4. The quantitative estimate of drug-likeness (QED) is 0.702. The summed E-state index contributed by atoms with van der Waals surface area (Å²) < 4.78 is 15.7. The summed E-state index contributed by atoms with van der Waals surface area (Å²) in [4.78, 5) is 25.7. The largest absolute Gasteiger partial charge is 0.353 e. The molecular formula is C21H22FN5O. The number of carbonyl (C=O) groups is 1. The van der Waals surface area contributed by atoms with Gasteiger partial charge in [-0.05, 0) is 43.7 Å². The maximum Gasteiger partial charge on any atom is 0.254 e. The third-order valence-corrected chi connectivity index (χ3v) is 4.99. The van der Waals surface area contributed by atoms with Crippen LogP contribution in [0.2, 0.25) is 0 Å². The maximum atomic E-state index is 13.8. The van der Waals surface area contributed by atoms with Crippen molar-refractivity contribution in [2.45, 2.75) is 13.8 Å². The van der Waals surface area contributed by atoms with Gasteiger partial charge >= 0.3 is 0 Å². The fourth-order valence-corrected chi connectivity index (χ4v) is 3.37. The van der Waals surface area contributed by atoms with Crippen LogP contribution in [0.1, 0.15) is 21.7 Å². The fourth-order valence-electron chi connectivity index (χ4n) is 3.37. The van der Waals surface area contributed by atoms with Crippen molar-refractivity contribution < 1.29 is 9.18 Å². The van der Waals surface area contributed by atoms with Gasteiger partial charge in [0, 0.05) is 50.2 Å². The van der Waals surface area contributed by atoms with E-state index < -0.39 is 0 Å². The molecule has 0 spiro atoms. The fraction of sp³-hybridized carbons (Fsp3) is 0.286. The summed E-state index contributed by atoms with van der Waals surface area (Å²) in [6.07, 6.45) is 3.89. The smallest absolute Gasteiger partial charge is 0.254 e. The highest BCUT2D eigenvalue weighted by Gasteiger charge is 2.24. The Morgan fingerprint density at radius 3 is 2.32 bits per heavy atom. The lowest BCUT2D eigenvalue weighted by atomic mass is 10.1. The molecular weight excluding hydrogens is 357 g/mol. The lowest BCUT2D eigenvalue weighted by molar-refractivity contribution is 0.0746. The van der Waals surface area contributed by atoms with Crippen LogP contribution in [0.4, 0.5) is 10.2 Å². The molecule has 0 radical (unpaired) electrons. The lowest BCUT2D eigenvalue weighted by Gasteiger charge is -2.35. The van der Waals surface area contributed by atoms with Crippen molar-refractivity contribution in [2.75, 3.05) is 31.1 Å². The number of rotatable bonds is 3. The Bertz CT molecular complexity index is 994. The van der Waals surface area contributed by atoms with Crippen molar-refractivity contribution >= 4 is 11.7 Å². The van der Waals surface area contributed by atoms with Crippen LogP contribution in [0.3, 0.4) is 0 Å². The van der Waals surface area contributed by atoms with Gasteiger partial charge in [-0.3, -0.25) is 4.79 Å². The first-order chi connectivity index (χ1) is 13.5. The number of hydrogen-bond donors (Lipinski definition) is 0. The molecule has 1 saturated heterocycles. The highest BCUT2D eigenvalue weighted by molar-refractivity contribution is 5.94. The van der Waals surface area contributed by atoms with Crippen LogP contribution in [-0.4, -0.2) is 51.5 Å². The van der Waals surface area contributed by atoms with Gasteiger partial charge in [-0.1, -0.05) is 6.07 Å². The molecule has 4 rings (SSSR count). The molecule has 0 N–H and O–H groups in total. The number of aromatic nitrogens is 3. The van der Waals surface area contributed by atoms with Crippen LogP contribution >= 0.6 is 0 Å². The van der Waals surface area contributed by atoms with Gasteiger partial charge in [0.1, 0.15) is 23.3 Å². The first-order valence-corrected chi connectivity index (χ1v) is 9.31. The van der Waals surface area contributed by atoms with Gasteiger partial charge in [0.15, 0.2) is 0 Å². The molecule has 7 heteroatoms. The molecule has 144 valence electrons. The number of nitrogens with zero attached hydrogens (tertiary/aromatic N) is 5. The predicted molar refractivity (Wildman–Crippen MR) is 105 cm³/mol. The van der Waals surface area contributed by atoms with Crippen LogP contribution in [0.15, 0.2) is 48.8 Å². The van der Waals surface area contributed by atoms with Crippen molar-refractivity contribution in [3.63, 3.8) is 0 Å². The molecule has 2 aromatic heterocycles. The molecule has 1 aliphatic rings. The average Bonchev–Trinajstić information content (AvgIpc) is 3.24. The highest BCUT2D eigenvalue weighted by atomic mass is 19.1. The van der Waals surface area contributed by atoms with Gasteiger partial charge in [-0.25, -0.2) is 14.4 Å². The van der Waals surface area contributed by atoms with Crippen LogP contribution in [-0.2, 0) is 0 Å². The zero-order valence-electron chi connectivity index (χ0n) is 16.0. The maximum absolute atomic E-state index is 13.8. The number of benzene rings is 1. The Kier molecular flexibility index (Phi) is 4.81. The lowest BCUT2D eigenvalue weighted by Crippen LogP contribution is -2.49. The molecule has 1 aromatic carbocycles. The topological polar surface area (TPSA) is 54.3 Å².